The SMILES string of the molecule is O=C(NC1CCc2[nH]c3ccc(Cl)cc3c2C1)N1CCC1. The van der Waals surface area contributed by atoms with Crippen LogP contribution in [0.3, 0.4) is 0 Å². The molecule has 1 atom stereocenters. The highest BCUT2D eigenvalue weighted by Gasteiger charge is 2.27. The molecule has 0 bridgehead atoms. The zero-order chi connectivity index (χ0) is 14.4. The summed E-state index contributed by atoms with van der Waals surface area (Å²) in [5.74, 6) is 0. The molecule has 2 aromatic rings. The number of aromatic amines is 1. The predicted molar refractivity (Wildman–Crippen MR) is 83.8 cm³/mol. The van der Waals surface area contributed by atoms with Crippen LogP contribution in [0, 0.1) is 0 Å². The minimum atomic E-state index is 0.0903. The number of nitrogens with zero attached hydrogens (tertiary/aromatic N) is 1. The van der Waals surface area contributed by atoms with Gasteiger partial charge in [-0.15, -0.1) is 0 Å². The van der Waals surface area contributed by atoms with Crippen molar-refractivity contribution in [2.45, 2.75) is 31.7 Å². The van der Waals surface area contributed by atoms with Crippen molar-refractivity contribution in [3.05, 3.63) is 34.5 Å². The number of benzene rings is 1. The molecule has 1 aromatic heterocycles. The fourth-order valence-electron chi connectivity index (χ4n) is 3.30. The second kappa shape index (κ2) is 4.95. The molecule has 2 N–H and O–H groups in total. The third-order valence-corrected chi connectivity index (χ3v) is 4.86. The van der Waals surface area contributed by atoms with Gasteiger partial charge in [0.05, 0.1) is 0 Å². The van der Waals surface area contributed by atoms with E-state index in [1.54, 1.807) is 0 Å². The lowest BCUT2D eigenvalue weighted by atomic mass is 9.91. The quantitative estimate of drug-likeness (QED) is 0.835. The Bertz CT molecular complexity index is 705. The molecule has 0 saturated carbocycles. The molecule has 1 aromatic carbocycles. The van der Waals surface area contributed by atoms with Gasteiger partial charge in [-0.25, -0.2) is 4.79 Å². The zero-order valence-corrected chi connectivity index (χ0v) is 12.5. The van der Waals surface area contributed by atoms with Crippen molar-refractivity contribution < 1.29 is 4.79 Å². The van der Waals surface area contributed by atoms with Crippen LogP contribution in [0.15, 0.2) is 18.2 Å². The van der Waals surface area contributed by atoms with E-state index >= 15 is 0 Å². The highest BCUT2D eigenvalue weighted by Crippen LogP contribution is 2.31. The summed E-state index contributed by atoms with van der Waals surface area (Å²) in [4.78, 5) is 17.4. The number of hydrogen-bond acceptors (Lipinski definition) is 1. The first-order chi connectivity index (χ1) is 10.2. The summed E-state index contributed by atoms with van der Waals surface area (Å²) in [6, 6.07) is 6.28. The average molecular weight is 304 g/mol. The lowest BCUT2D eigenvalue weighted by molar-refractivity contribution is 0.163. The number of carbonyl (C=O) groups excluding carboxylic acids is 1. The molecule has 0 radical (unpaired) electrons. The Hall–Kier alpha value is -1.68. The monoisotopic (exact) mass is 303 g/mol. The summed E-state index contributed by atoms with van der Waals surface area (Å²) in [6.45, 7) is 1.79. The molecule has 4 nitrogen and oxygen atoms in total. The van der Waals surface area contributed by atoms with E-state index in [0.717, 1.165) is 49.3 Å². The van der Waals surface area contributed by atoms with Crippen molar-refractivity contribution in [1.29, 1.82) is 0 Å². The molecule has 1 aliphatic heterocycles. The number of urea groups is 1. The Kier molecular flexibility index (Phi) is 3.07. The molecule has 2 aliphatic rings. The molecule has 4 rings (SSSR count). The highest BCUT2D eigenvalue weighted by molar-refractivity contribution is 6.31. The van der Waals surface area contributed by atoms with Crippen LogP contribution in [0.1, 0.15) is 24.1 Å². The summed E-state index contributed by atoms with van der Waals surface area (Å²) < 4.78 is 0. The average Bonchev–Trinajstić information content (AvgIpc) is 2.74. The molecule has 1 saturated heterocycles. The fraction of sp³-hybridized carbons (Fsp3) is 0.438. The maximum absolute atomic E-state index is 12.0. The Morgan fingerprint density at radius 3 is 3.00 bits per heavy atom. The van der Waals surface area contributed by atoms with Crippen LogP contribution in [0.2, 0.25) is 5.02 Å². The van der Waals surface area contributed by atoms with Crippen LogP contribution in [-0.2, 0) is 12.8 Å². The smallest absolute Gasteiger partial charge is 0.317 e. The lowest BCUT2D eigenvalue weighted by Gasteiger charge is -2.33. The van der Waals surface area contributed by atoms with Gasteiger partial charge in [0.15, 0.2) is 0 Å². The topological polar surface area (TPSA) is 48.1 Å². The molecule has 2 amide bonds. The van der Waals surface area contributed by atoms with Gasteiger partial charge in [-0.05, 0) is 49.4 Å². The van der Waals surface area contributed by atoms with Crippen molar-refractivity contribution in [2.24, 2.45) is 0 Å². The number of likely N-dealkylation sites (tertiary alicyclic amines) is 1. The number of carbonyl (C=O) groups is 1. The molecule has 1 fully saturated rings. The van der Waals surface area contributed by atoms with Crippen molar-refractivity contribution >= 4 is 28.5 Å². The number of aryl methyl sites for hydroxylation is 1. The van der Waals surface area contributed by atoms with Crippen LogP contribution in [0.5, 0.6) is 0 Å². The van der Waals surface area contributed by atoms with Crippen molar-refractivity contribution in [3.8, 4) is 0 Å². The van der Waals surface area contributed by atoms with E-state index < -0.39 is 0 Å². The minimum absolute atomic E-state index is 0.0903. The second-order valence-electron chi connectivity index (χ2n) is 6.00. The highest BCUT2D eigenvalue weighted by atomic mass is 35.5. The number of aromatic nitrogens is 1. The summed E-state index contributed by atoms with van der Waals surface area (Å²) in [5, 5.41) is 5.13. The van der Waals surface area contributed by atoms with E-state index in [0.29, 0.717) is 0 Å². The molecule has 21 heavy (non-hydrogen) atoms. The number of H-pyrrole nitrogens is 1. The number of halogens is 1. The summed E-state index contributed by atoms with van der Waals surface area (Å²) in [6.07, 6.45) is 3.98. The van der Waals surface area contributed by atoms with E-state index in [-0.39, 0.29) is 12.1 Å². The Balaban J connectivity index is 1.57. The first kappa shape index (κ1) is 13.0. The van der Waals surface area contributed by atoms with E-state index in [2.05, 4.69) is 10.3 Å². The van der Waals surface area contributed by atoms with Gasteiger partial charge >= 0.3 is 6.03 Å². The van der Waals surface area contributed by atoms with Crippen molar-refractivity contribution in [3.63, 3.8) is 0 Å². The molecule has 1 unspecified atom stereocenters. The molecule has 0 spiro atoms. The molecule has 1 aliphatic carbocycles. The maximum Gasteiger partial charge on any atom is 0.317 e. The first-order valence-electron chi connectivity index (χ1n) is 7.55. The Labute approximate surface area is 128 Å². The normalized spacial score (nSPS) is 21.0. The van der Waals surface area contributed by atoms with Crippen LogP contribution >= 0.6 is 11.6 Å². The molecule has 2 heterocycles. The summed E-state index contributed by atoms with van der Waals surface area (Å²) in [7, 11) is 0. The Morgan fingerprint density at radius 2 is 2.24 bits per heavy atom. The Morgan fingerprint density at radius 1 is 1.38 bits per heavy atom. The van der Waals surface area contributed by atoms with E-state index in [4.69, 9.17) is 11.6 Å². The van der Waals surface area contributed by atoms with Gasteiger partial charge in [0.1, 0.15) is 0 Å². The minimum Gasteiger partial charge on any atom is -0.358 e. The van der Waals surface area contributed by atoms with Gasteiger partial charge in [0, 0.05) is 40.8 Å². The van der Waals surface area contributed by atoms with Crippen LogP contribution in [-0.4, -0.2) is 35.0 Å². The van der Waals surface area contributed by atoms with Gasteiger partial charge in [0.2, 0.25) is 0 Å². The standard InChI is InChI=1S/C16H18ClN3O/c17-10-2-4-14-12(8-10)13-9-11(3-5-15(13)19-14)18-16(21)20-6-1-7-20/h2,4,8,11,19H,1,3,5-7,9H2,(H,18,21). The van der Waals surface area contributed by atoms with Crippen molar-refractivity contribution in [2.75, 3.05) is 13.1 Å². The third-order valence-electron chi connectivity index (χ3n) is 4.62. The number of amides is 2. The first-order valence-corrected chi connectivity index (χ1v) is 7.93. The van der Waals surface area contributed by atoms with Crippen LogP contribution in [0.4, 0.5) is 4.79 Å². The molecule has 5 heteroatoms. The largest absolute Gasteiger partial charge is 0.358 e. The van der Waals surface area contributed by atoms with Gasteiger partial charge in [-0.1, -0.05) is 11.6 Å². The van der Waals surface area contributed by atoms with Crippen LogP contribution in [0.25, 0.3) is 10.9 Å². The van der Waals surface area contributed by atoms with Gasteiger partial charge in [-0.3, -0.25) is 0 Å². The lowest BCUT2D eigenvalue weighted by Crippen LogP contribution is -2.51. The number of rotatable bonds is 1. The molecular weight excluding hydrogens is 286 g/mol. The van der Waals surface area contributed by atoms with E-state index in [1.807, 2.05) is 23.1 Å². The van der Waals surface area contributed by atoms with Crippen molar-refractivity contribution in [1.82, 2.24) is 15.2 Å². The zero-order valence-electron chi connectivity index (χ0n) is 11.8. The molecular formula is C16H18ClN3O. The number of fused-ring (bicyclic) bond motifs is 3. The maximum atomic E-state index is 12.0. The summed E-state index contributed by atoms with van der Waals surface area (Å²) >= 11 is 6.12. The van der Waals surface area contributed by atoms with E-state index in [9.17, 15) is 4.79 Å². The third kappa shape index (κ3) is 2.27. The molecule has 110 valence electrons. The number of hydrogen-bond donors (Lipinski definition) is 2. The van der Waals surface area contributed by atoms with Gasteiger partial charge < -0.3 is 15.2 Å². The van der Waals surface area contributed by atoms with Gasteiger partial charge in [0.25, 0.3) is 0 Å². The second-order valence-corrected chi connectivity index (χ2v) is 6.44. The van der Waals surface area contributed by atoms with Gasteiger partial charge in [-0.2, -0.15) is 0 Å². The van der Waals surface area contributed by atoms with Crippen LogP contribution < -0.4 is 5.32 Å². The fourth-order valence-corrected chi connectivity index (χ4v) is 3.47. The summed E-state index contributed by atoms with van der Waals surface area (Å²) in [5.41, 5.74) is 3.74. The number of nitrogens with one attached hydrogen (secondary N) is 2. The van der Waals surface area contributed by atoms with E-state index in [1.165, 1.54) is 16.6 Å². The predicted octanol–water partition coefficient (Wildman–Crippen LogP) is 3.09.